The smallest absolute Gasteiger partial charge is 0.263 e. The first kappa shape index (κ1) is 18.2. The maximum Gasteiger partial charge on any atom is 0.270 e. The lowest BCUT2D eigenvalue weighted by Gasteiger charge is -2.10. The van der Waals surface area contributed by atoms with Crippen LogP contribution in [-0.4, -0.2) is 23.1 Å². The molecule has 0 unspecified atom stereocenters. The van der Waals surface area contributed by atoms with Crippen molar-refractivity contribution in [2.24, 2.45) is 5.92 Å². The number of nitro benzene ring substituents is 1. The van der Waals surface area contributed by atoms with Crippen LogP contribution >= 0.6 is 0 Å². The van der Waals surface area contributed by atoms with Gasteiger partial charge >= 0.3 is 0 Å². The molecular weight excluding hydrogens is 380 g/mol. The van der Waals surface area contributed by atoms with E-state index in [2.05, 4.69) is 9.82 Å². The average molecular weight is 398 g/mol. The van der Waals surface area contributed by atoms with Crippen LogP contribution in [0.4, 0.5) is 11.5 Å². The van der Waals surface area contributed by atoms with E-state index < -0.39 is 14.9 Å². The second kappa shape index (κ2) is 7.08. The standard InChI is InChI=1S/C19H18N4O4S/c24-23(25)17-7-4-8-18(13-17)28(26,27)21-19-12-15(11-14-9-10-14)20-22(19)16-5-2-1-3-6-16/h1-8,12-14,21H,9-11H2. The predicted octanol–water partition coefficient (Wildman–Crippen LogP) is 3.53. The first-order chi connectivity index (χ1) is 13.4. The Kier molecular flexibility index (Phi) is 4.60. The molecule has 9 heteroatoms. The Hall–Kier alpha value is -3.20. The summed E-state index contributed by atoms with van der Waals surface area (Å²) in [6.07, 6.45) is 3.12. The minimum atomic E-state index is -4.01. The molecule has 8 nitrogen and oxygen atoms in total. The molecule has 144 valence electrons. The lowest BCUT2D eigenvalue weighted by Crippen LogP contribution is -2.16. The van der Waals surface area contributed by atoms with Crippen LogP contribution in [0.2, 0.25) is 0 Å². The molecule has 0 spiro atoms. The number of hydrogen-bond donors (Lipinski definition) is 1. The van der Waals surface area contributed by atoms with Gasteiger partial charge in [0.05, 0.1) is 21.2 Å². The first-order valence-corrected chi connectivity index (χ1v) is 10.3. The quantitative estimate of drug-likeness (QED) is 0.484. The lowest BCUT2D eigenvalue weighted by molar-refractivity contribution is -0.385. The fraction of sp³-hybridized carbons (Fsp3) is 0.211. The predicted molar refractivity (Wildman–Crippen MR) is 104 cm³/mol. The third-order valence-electron chi connectivity index (χ3n) is 4.53. The van der Waals surface area contributed by atoms with E-state index in [0.29, 0.717) is 11.7 Å². The van der Waals surface area contributed by atoms with Crippen molar-refractivity contribution in [3.05, 3.63) is 76.5 Å². The molecule has 0 atom stereocenters. The number of nitro groups is 1. The molecule has 1 aromatic heterocycles. The van der Waals surface area contributed by atoms with Crippen molar-refractivity contribution in [3.8, 4) is 5.69 Å². The average Bonchev–Trinajstić information content (AvgIpc) is 3.41. The number of sulfonamides is 1. The molecule has 2 aromatic carbocycles. The molecular formula is C19H18N4O4S. The highest BCUT2D eigenvalue weighted by atomic mass is 32.2. The van der Waals surface area contributed by atoms with Crippen LogP contribution in [0.15, 0.2) is 65.6 Å². The van der Waals surface area contributed by atoms with E-state index in [9.17, 15) is 18.5 Å². The Morgan fingerprint density at radius 2 is 1.86 bits per heavy atom. The summed E-state index contributed by atoms with van der Waals surface area (Å²) in [5.41, 5.74) is 1.25. The van der Waals surface area contributed by atoms with E-state index >= 15 is 0 Å². The van der Waals surface area contributed by atoms with Gasteiger partial charge in [0.15, 0.2) is 0 Å². The van der Waals surface area contributed by atoms with Gasteiger partial charge in [0.1, 0.15) is 5.82 Å². The van der Waals surface area contributed by atoms with E-state index in [1.54, 1.807) is 10.7 Å². The molecule has 1 N–H and O–H groups in total. The Morgan fingerprint density at radius 3 is 2.54 bits per heavy atom. The fourth-order valence-corrected chi connectivity index (χ4v) is 4.02. The zero-order valence-electron chi connectivity index (χ0n) is 14.9. The fourth-order valence-electron chi connectivity index (χ4n) is 2.95. The molecule has 0 bridgehead atoms. The number of non-ortho nitro benzene ring substituents is 1. The van der Waals surface area contributed by atoms with Crippen molar-refractivity contribution >= 4 is 21.5 Å². The Bertz CT molecular complexity index is 1120. The summed E-state index contributed by atoms with van der Waals surface area (Å²) in [4.78, 5) is 10.2. The van der Waals surface area contributed by atoms with Crippen molar-refractivity contribution in [3.63, 3.8) is 0 Å². The number of nitrogens with zero attached hydrogens (tertiary/aromatic N) is 3. The van der Waals surface area contributed by atoms with Crippen LogP contribution in [0.25, 0.3) is 5.69 Å². The molecule has 0 amide bonds. The van der Waals surface area contributed by atoms with E-state index in [1.165, 1.54) is 18.2 Å². The number of para-hydroxylation sites is 1. The molecule has 1 aliphatic carbocycles. The van der Waals surface area contributed by atoms with Crippen LogP contribution in [0, 0.1) is 16.0 Å². The van der Waals surface area contributed by atoms with Gasteiger partial charge in [-0.25, -0.2) is 13.1 Å². The summed E-state index contributed by atoms with van der Waals surface area (Å²) in [6.45, 7) is 0. The minimum Gasteiger partial charge on any atom is -0.263 e. The second-order valence-corrected chi connectivity index (χ2v) is 8.46. The molecule has 28 heavy (non-hydrogen) atoms. The normalized spacial score (nSPS) is 14.0. The zero-order valence-corrected chi connectivity index (χ0v) is 15.7. The van der Waals surface area contributed by atoms with Crippen LogP contribution in [-0.2, 0) is 16.4 Å². The third kappa shape index (κ3) is 3.89. The lowest BCUT2D eigenvalue weighted by atomic mass is 10.2. The van der Waals surface area contributed by atoms with Crippen molar-refractivity contribution in [2.45, 2.75) is 24.2 Å². The summed E-state index contributed by atoms with van der Waals surface area (Å²) in [5.74, 6) is 0.897. The molecule has 0 radical (unpaired) electrons. The molecule has 3 aromatic rings. The van der Waals surface area contributed by atoms with Crippen LogP contribution in [0.1, 0.15) is 18.5 Å². The summed E-state index contributed by atoms with van der Waals surface area (Å²) in [6, 6.07) is 15.9. The van der Waals surface area contributed by atoms with Gasteiger partial charge < -0.3 is 0 Å². The zero-order chi connectivity index (χ0) is 19.7. The van der Waals surface area contributed by atoms with Gasteiger partial charge in [-0.2, -0.15) is 5.10 Å². The van der Waals surface area contributed by atoms with Crippen LogP contribution in [0.5, 0.6) is 0 Å². The maximum atomic E-state index is 12.8. The number of rotatable bonds is 7. The Labute approximate surface area is 162 Å². The molecule has 1 heterocycles. The summed E-state index contributed by atoms with van der Waals surface area (Å²) >= 11 is 0. The van der Waals surface area contributed by atoms with Crippen LogP contribution < -0.4 is 4.72 Å². The second-order valence-electron chi connectivity index (χ2n) is 6.78. The van der Waals surface area contributed by atoms with Gasteiger partial charge in [0.2, 0.25) is 0 Å². The minimum absolute atomic E-state index is 0.175. The number of benzene rings is 2. The van der Waals surface area contributed by atoms with E-state index in [4.69, 9.17) is 0 Å². The van der Waals surface area contributed by atoms with Gasteiger partial charge in [-0.05, 0) is 43.4 Å². The number of hydrogen-bond acceptors (Lipinski definition) is 5. The number of aromatic nitrogens is 2. The molecule has 4 rings (SSSR count). The van der Waals surface area contributed by atoms with Crippen molar-refractivity contribution < 1.29 is 13.3 Å². The van der Waals surface area contributed by atoms with E-state index in [0.717, 1.165) is 36.7 Å². The van der Waals surface area contributed by atoms with Gasteiger partial charge in [-0.3, -0.25) is 14.8 Å². The molecule has 0 saturated heterocycles. The summed E-state index contributed by atoms with van der Waals surface area (Å²) in [5, 5.41) is 15.5. The highest BCUT2D eigenvalue weighted by Crippen LogP contribution is 2.33. The largest absolute Gasteiger partial charge is 0.270 e. The molecule has 0 aliphatic heterocycles. The van der Waals surface area contributed by atoms with E-state index in [1.807, 2.05) is 30.3 Å². The SMILES string of the molecule is O=[N+]([O-])c1cccc(S(=O)(=O)Nc2cc(CC3CC3)nn2-c2ccccc2)c1. The van der Waals surface area contributed by atoms with Gasteiger partial charge in [0.25, 0.3) is 15.7 Å². The van der Waals surface area contributed by atoms with Crippen molar-refractivity contribution in [1.82, 2.24) is 9.78 Å². The van der Waals surface area contributed by atoms with Crippen molar-refractivity contribution in [1.29, 1.82) is 0 Å². The third-order valence-corrected chi connectivity index (χ3v) is 5.89. The van der Waals surface area contributed by atoms with E-state index in [-0.39, 0.29) is 10.6 Å². The molecule has 1 aliphatic rings. The highest BCUT2D eigenvalue weighted by molar-refractivity contribution is 7.92. The van der Waals surface area contributed by atoms with Crippen molar-refractivity contribution in [2.75, 3.05) is 4.72 Å². The van der Waals surface area contributed by atoms with Gasteiger partial charge in [-0.15, -0.1) is 0 Å². The Morgan fingerprint density at radius 1 is 1.11 bits per heavy atom. The molecule has 1 saturated carbocycles. The van der Waals surface area contributed by atoms with Gasteiger partial charge in [0, 0.05) is 18.2 Å². The monoisotopic (exact) mass is 398 g/mol. The maximum absolute atomic E-state index is 12.8. The topological polar surface area (TPSA) is 107 Å². The number of anilines is 1. The Balaban J connectivity index is 1.70. The van der Waals surface area contributed by atoms with Gasteiger partial charge in [-0.1, -0.05) is 24.3 Å². The molecule has 1 fully saturated rings. The van der Waals surface area contributed by atoms with Crippen LogP contribution in [0.3, 0.4) is 0 Å². The summed E-state index contributed by atoms with van der Waals surface area (Å²) in [7, 11) is -4.01. The highest BCUT2D eigenvalue weighted by Gasteiger charge is 2.25. The first-order valence-electron chi connectivity index (χ1n) is 8.84. The number of nitrogens with one attached hydrogen (secondary N) is 1. The summed E-state index contributed by atoms with van der Waals surface area (Å²) < 4.78 is 29.7.